The van der Waals surface area contributed by atoms with E-state index in [1.165, 1.54) is 34.1 Å². The molecule has 2 aliphatic rings. The maximum absolute atomic E-state index is 11.7. The van der Waals surface area contributed by atoms with Gasteiger partial charge < -0.3 is 21.4 Å². The van der Waals surface area contributed by atoms with E-state index in [0.29, 0.717) is 34.3 Å². The van der Waals surface area contributed by atoms with E-state index < -0.39 is 17.9 Å². The van der Waals surface area contributed by atoms with Gasteiger partial charge in [0.1, 0.15) is 28.5 Å². The smallest absolute Gasteiger partial charge is 0.352 e. The lowest BCUT2D eigenvalue weighted by Crippen LogP contribution is -2.69. The summed E-state index contributed by atoms with van der Waals surface area (Å²) in [6.07, 6.45) is 1.90. The number of anilines is 1. The van der Waals surface area contributed by atoms with Gasteiger partial charge in [0, 0.05) is 11.1 Å². The summed E-state index contributed by atoms with van der Waals surface area (Å²) in [4.78, 5) is 38.3. The molecule has 144 valence electrons. The number of thioether (sulfide) groups is 1. The van der Waals surface area contributed by atoms with Crippen molar-refractivity contribution in [1.29, 1.82) is 0 Å². The number of carbonyl (C=O) groups excluding carboxylic acids is 2. The third-order valence-corrected chi connectivity index (χ3v) is 5.71. The maximum Gasteiger partial charge on any atom is 0.352 e. The summed E-state index contributed by atoms with van der Waals surface area (Å²) >= 11 is 2.73. The summed E-state index contributed by atoms with van der Waals surface area (Å²) in [6, 6.07) is -0.627. The summed E-state index contributed by atoms with van der Waals surface area (Å²) < 4.78 is 0. The van der Waals surface area contributed by atoms with Crippen molar-refractivity contribution in [3.05, 3.63) is 35.0 Å². The average molecular weight is 411 g/mol. The Hall–Kier alpha value is -2.86. The second-order valence-corrected chi connectivity index (χ2v) is 7.31. The van der Waals surface area contributed by atoms with Gasteiger partial charge in [0.2, 0.25) is 6.41 Å². The molecule has 12 heteroatoms. The standard InChI is InChI=1S/C10H10N2O4S.C5H7N3OS/c1-2-5-3-17-9-6(11-4-13)8(14)12(9)7(5)10(15)16;1-3(8-9)4-2-10-5(6)7-4/h2,4,6,9H,1,3H2,(H,11,13)(H,15,16);2,9H,1H3,(H2,6,7)/b;8-3+. The van der Waals surface area contributed by atoms with E-state index in [4.69, 9.17) is 16.0 Å². The molecule has 0 spiro atoms. The van der Waals surface area contributed by atoms with Gasteiger partial charge in [-0.3, -0.25) is 14.5 Å². The Morgan fingerprint density at radius 3 is 2.78 bits per heavy atom. The zero-order valence-electron chi connectivity index (χ0n) is 14.2. The molecule has 2 unspecified atom stereocenters. The third kappa shape index (κ3) is 4.11. The Balaban J connectivity index is 0.000000223. The molecule has 0 aliphatic carbocycles. The van der Waals surface area contributed by atoms with Gasteiger partial charge in [-0.05, 0) is 12.5 Å². The van der Waals surface area contributed by atoms with Gasteiger partial charge in [0.15, 0.2) is 5.13 Å². The fraction of sp³-hybridized carbons (Fsp3) is 0.267. The number of hydrogen-bond donors (Lipinski definition) is 4. The molecule has 10 nitrogen and oxygen atoms in total. The van der Waals surface area contributed by atoms with Crippen LogP contribution in [-0.4, -0.2) is 61.4 Å². The van der Waals surface area contributed by atoms with E-state index in [1.54, 1.807) is 12.3 Å². The molecular formula is C15H17N5O5S2. The van der Waals surface area contributed by atoms with E-state index >= 15 is 0 Å². The van der Waals surface area contributed by atoms with Crippen molar-refractivity contribution in [3.63, 3.8) is 0 Å². The van der Waals surface area contributed by atoms with Crippen LogP contribution in [0.4, 0.5) is 5.13 Å². The number of β-lactam (4-membered cyclic amide) rings is 1. The monoisotopic (exact) mass is 411 g/mol. The van der Waals surface area contributed by atoms with Gasteiger partial charge in [-0.1, -0.05) is 17.8 Å². The molecule has 1 aromatic rings. The predicted octanol–water partition coefficient (Wildman–Crippen LogP) is 0.464. The first-order chi connectivity index (χ1) is 12.8. The minimum absolute atomic E-state index is 0.0299. The Bertz CT molecular complexity index is 834. The van der Waals surface area contributed by atoms with Crippen LogP contribution in [0.5, 0.6) is 0 Å². The number of carbonyl (C=O) groups is 3. The second kappa shape index (κ2) is 8.68. The fourth-order valence-electron chi connectivity index (χ4n) is 2.40. The molecule has 1 aromatic heterocycles. The molecule has 2 atom stereocenters. The van der Waals surface area contributed by atoms with Gasteiger partial charge in [0.25, 0.3) is 5.91 Å². The zero-order chi connectivity index (χ0) is 20.1. The number of aliphatic carboxylic acids is 1. The first-order valence-corrected chi connectivity index (χ1v) is 9.41. The molecule has 0 aromatic carbocycles. The Morgan fingerprint density at radius 2 is 2.30 bits per heavy atom. The number of nitrogens with two attached hydrogens (primary N) is 1. The number of allylic oxidation sites excluding steroid dienone is 1. The highest BCUT2D eigenvalue weighted by Crippen LogP contribution is 2.40. The highest BCUT2D eigenvalue weighted by Gasteiger charge is 2.53. The van der Waals surface area contributed by atoms with Crippen LogP contribution in [-0.2, 0) is 14.4 Å². The Kier molecular flexibility index (Phi) is 6.58. The van der Waals surface area contributed by atoms with Crippen LogP contribution in [0.2, 0.25) is 0 Å². The summed E-state index contributed by atoms with van der Waals surface area (Å²) in [7, 11) is 0. The molecule has 0 radical (unpaired) electrons. The van der Waals surface area contributed by atoms with E-state index in [1.807, 2.05) is 0 Å². The molecule has 3 rings (SSSR count). The molecule has 3 heterocycles. The number of thiazole rings is 1. The van der Waals surface area contributed by atoms with E-state index in [0.717, 1.165) is 0 Å². The topological polar surface area (TPSA) is 158 Å². The minimum atomic E-state index is -1.15. The van der Waals surface area contributed by atoms with Crippen molar-refractivity contribution in [2.75, 3.05) is 11.5 Å². The first-order valence-electron chi connectivity index (χ1n) is 7.49. The molecule has 0 bridgehead atoms. The lowest BCUT2D eigenvalue weighted by atomic mass is 10.0. The Morgan fingerprint density at radius 1 is 1.59 bits per heavy atom. The first kappa shape index (κ1) is 20.5. The van der Waals surface area contributed by atoms with E-state index in [-0.39, 0.29) is 11.1 Å². The lowest BCUT2D eigenvalue weighted by molar-refractivity contribution is -0.149. The van der Waals surface area contributed by atoms with Crippen molar-refractivity contribution in [3.8, 4) is 0 Å². The molecule has 0 saturated carbocycles. The van der Waals surface area contributed by atoms with Crippen LogP contribution in [0.3, 0.4) is 0 Å². The normalized spacial score (nSPS) is 21.4. The van der Waals surface area contributed by atoms with Gasteiger partial charge in [-0.2, -0.15) is 0 Å². The largest absolute Gasteiger partial charge is 0.477 e. The highest BCUT2D eigenvalue weighted by atomic mass is 32.2. The predicted molar refractivity (Wildman–Crippen MR) is 101 cm³/mol. The van der Waals surface area contributed by atoms with Crippen LogP contribution in [0.25, 0.3) is 0 Å². The van der Waals surface area contributed by atoms with Gasteiger partial charge in [-0.15, -0.1) is 23.1 Å². The zero-order valence-corrected chi connectivity index (χ0v) is 15.8. The van der Waals surface area contributed by atoms with Crippen molar-refractivity contribution in [2.24, 2.45) is 5.16 Å². The minimum Gasteiger partial charge on any atom is -0.477 e. The molecule has 1 fully saturated rings. The summed E-state index contributed by atoms with van der Waals surface area (Å²) in [5.41, 5.74) is 6.95. The van der Waals surface area contributed by atoms with E-state index in [2.05, 4.69) is 22.0 Å². The second-order valence-electron chi connectivity index (χ2n) is 5.31. The Labute approximate surface area is 162 Å². The number of carboxylic acid groups (broad SMARTS) is 1. The van der Waals surface area contributed by atoms with Crippen molar-refractivity contribution in [1.82, 2.24) is 15.2 Å². The SMILES string of the molecule is C/C(=N\O)c1csc(N)n1.C=CC1=C(C(=O)O)N2C(=O)C(NC=O)C2SC1. The number of aromatic nitrogens is 1. The third-order valence-electron chi connectivity index (χ3n) is 3.74. The average Bonchev–Trinajstić information content (AvgIpc) is 3.10. The van der Waals surface area contributed by atoms with Crippen LogP contribution in [0, 0.1) is 0 Å². The van der Waals surface area contributed by atoms with Crippen molar-refractivity contribution in [2.45, 2.75) is 18.3 Å². The number of oxime groups is 1. The van der Waals surface area contributed by atoms with Gasteiger partial charge in [0.05, 0.1) is 0 Å². The summed E-state index contributed by atoms with van der Waals surface area (Å²) in [5, 5.41) is 24.7. The van der Waals surface area contributed by atoms with Crippen LogP contribution in [0.15, 0.2) is 34.5 Å². The number of rotatable bonds is 5. The number of fused-ring (bicyclic) bond motifs is 1. The number of amides is 2. The molecule has 1 saturated heterocycles. The number of nitrogens with zero attached hydrogens (tertiary/aromatic N) is 3. The van der Waals surface area contributed by atoms with Crippen molar-refractivity contribution >= 4 is 52.2 Å². The lowest BCUT2D eigenvalue weighted by Gasteiger charge is -2.48. The number of nitrogens with one attached hydrogen (secondary N) is 1. The summed E-state index contributed by atoms with van der Waals surface area (Å²) in [6.45, 7) is 5.20. The van der Waals surface area contributed by atoms with E-state index in [9.17, 15) is 14.4 Å². The number of hydrogen-bond acceptors (Lipinski definition) is 9. The van der Waals surface area contributed by atoms with Crippen LogP contribution < -0.4 is 11.1 Å². The van der Waals surface area contributed by atoms with Gasteiger partial charge >= 0.3 is 5.97 Å². The maximum atomic E-state index is 11.7. The van der Waals surface area contributed by atoms with Crippen molar-refractivity contribution < 1.29 is 24.7 Å². The van der Waals surface area contributed by atoms with Crippen LogP contribution in [0.1, 0.15) is 12.6 Å². The number of nitrogen functional groups attached to an aromatic ring is 1. The molecule has 5 N–H and O–H groups in total. The van der Waals surface area contributed by atoms with Gasteiger partial charge in [-0.25, -0.2) is 9.78 Å². The molecule has 2 amide bonds. The fourth-order valence-corrected chi connectivity index (χ4v) is 4.36. The molecular weight excluding hydrogens is 394 g/mol. The molecule has 27 heavy (non-hydrogen) atoms. The molecule has 2 aliphatic heterocycles. The number of carboxylic acids is 1. The quantitative estimate of drug-likeness (QED) is 0.179. The van der Waals surface area contributed by atoms with Crippen LogP contribution >= 0.6 is 23.1 Å². The highest BCUT2D eigenvalue weighted by molar-refractivity contribution is 8.00. The summed E-state index contributed by atoms with van der Waals surface area (Å²) in [5.74, 6) is -1.08.